The van der Waals surface area contributed by atoms with E-state index in [1.165, 1.54) is 12.1 Å². The van der Waals surface area contributed by atoms with Crippen molar-refractivity contribution in [2.45, 2.75) is 6.92 Å². The van der Waals surface area contributed by atoms with Crippen LogP contribution < -0.4 is 10.6 Å². The first-order chi connectivity index (χ1) is 11.3. The van der Waals surface area contributed by atoms with Crippen molar-refractivity contribution in [3.63, 3.8) is 0 Å². The van der Waals surface area contributed by atoms with Crippen LogP contribution in [0.15, 0.2) is 30.3 Å². The topological polar surface area (TPSA) is 78.4 Å². The first-order valence-electron chi connectivity index (χ1n) is 6.80. The Morgan fingerprint density at radius 1 is 1.08 bits per heavy atom. The number of anilines is 1. The fourth-order valence-corrected chi connectivity index (χ4v) is 1.90. The molecular weight excluding hydrogens is 325 g/mol. The number of aromatic hydroxyl groups is 1. The van der Waals surface area contributed by atoms with E-state index >= 15 is 0 Å². The number of benzene rings is 2. The molecule has 126 valence electrons. The van der Waals surface area contributed by atoms with Gasteiger partial charge in [0.2, 0.25) is 5.91 Å². The highest BCUT2D eigenvalue weighted by Gasteiger charge is 2.16. The average molecular weight is 338 g/mol. The third-order valence-corrected chi connectivity index (χ3v) is 3.12. The van der Waals surface area contributed by atoms with Crippen molar-refractivity contribution in [3.05, 3.63) is 58.9 Å². The lowest BCUT2D eigenvalue weighted by Crippen LogP contribution is -2.33. The van der Waals surface area contributed by atoms with Crippen molar-refractivity contribution in [1.29, 1.82) is 0 Å². The Morgan fingerprint density at radius 2 is 1.79 bits per heavy atom. The van der Waals surface area contributed by atoms with Gasteiger partial charge in [-0.05, 0) is 31.2 Å². The first-order valence-corrected chi connectivity index (χ1v) is 6.80. The van der Waals surface area contributed by atoms with Crippen molar-refractivity contribution in [1.82, 2.24) is 5.32 Å². The number of hydrogen-bond acceptors (Lipinski definition) is 3. The first kappa shape index (κ1) is 17.3. The van der Waals surface area contributed by atoms with Crippen molar-refractivity contribution >= 4 is 17.5 Å². The Labute approximate surface area is 135 Å². The number of rotatable bonds is 4. The molecule has 0 spiro atoms. The summed E-state index contributed by atoms with van der Waals surface area (Å²) in [7, 11) is 0. The van der Waals surface area contributed by atoms with Gasteiger partial charge in [0.15, 0.2) is 17.5 Å². The maximum atomic E-state index is 13.4. The van der Waals surface area contributed by atoms with Gasteiger partial charge in [0.25, 0.3) is 5.91 Å². The van der Waals surface area contributed by atoms with E-state index in [-0.39, 0.29) is 11.3 Å². The Hall–Kier alpha value is -3.03. The van der Waals surface area contributed by atoms with Crippen LogP contribution in [0.2, 0.25) is 0 Å². The summed E-state index contributed by atoms with van der Waals surface area (Å²) in [6, 6.07) is 5.89. The average Bonchev–Trinajstić information content (AvgIpc) is 2.55. The predicted molar refractivity (Wildman–Crippen MR) is 80.1 cm³/mol. The van der Waals surface area contributed by atoms with Crippen molar-refractivity contribution < 1.29 is 27.9 Å². The van der Waals surface area contributed by atoms with Crippen molar-refractivity contribution in [2.24, 2.45) is 0 Å². The number of carbonyl (C=O) groups is 2. The van der Waals surface area contributed by atoms with Gasteiger partial charge in [0.05, 0.1) is 17.8 Å². The van der Waals surface area contributed by atoms with Crippen molar-refractivity contribution in [3.8, 4) is 5.75 Å². The second-order valence-corrected chi connectivity index (χ2v) is 4.97. The minimum absolute atomic E-state index is 0.0261. The highest BCUT2D eigenvalue weighted by molar-refractivity contribution is 6.00. The lowest BCUT2D eigenvalue weighted by molar-refractivity contribution is -0.115. The zero-order chi connectivity index (χ0) is 17.9. The van der Waals surface area contributed by atoms with Gasteiger partial charge in [-0.1, -0.05) is 11.6 Å². The van der Waals surface area contributed by atoms with Crippen LogP contribution in [0.5, 0.6) is 5.75 Å². The molecule has 0 heterocycles. The highest BCUT2D eigenvalue weighted by atomic mass is 19.2. The van der Waals surface area contributed by atoms with Crippen LogP contribution in [0.25, 0.3) is 0 Å². The Kier molecular flexibility index (Phi) is 5.08. The second kappa shape index (κ2) is 7.03. The monoisotopic (exact) mass is 338 g/mol. The number of amides is 2. The van der Waals surface area contributed by atoms with Crippen molar-refractivity contribution in [2.75, 3.05) is 11.9 Å². The molecule has 0 aliphatic carbocycles. The molecule has 0 fully saturated rings. The van der Waals surface area contributed by atoms with Gasteiger partial charge in [0, 0.05) is 0 Å². The van der Waals surface area contributed by atoms with Crippen LogP contribution in [-0.4, -0.2) is 23.5 Å². The SMILES string of the molecule is Cc1ccc(O)c(C(=O)NCC(=O)Nc2ccc(F)c(F)c2F)c1. The van der Waals surface area contributed by atoms with Gasteiger partial charge in [-0.3, -0.25) is 9.59 Å². The van der Waals surface area contributed by atoms with Gasteiger partial charge < -0.3 is 15.7 Å². The van der Waals surface area contributed by atoms with Crippen LogP contribution in [0, 0.1) is 24.4 Å². The molecule has 0 aliphatic rings. The molecular formula is C16H13F3N2O3. The molecule has 3 N–H and O–H groups in total. The minimum atomic E-state index is -1.71. The molecule has 0 aliphatic heterocycles. The molecule has 0 radical (unpaired) electrons. The van der Waals surface area contributed by atoms with E-state index in [2.05, 4.69) is 5.32 Å². The Morgan fingerprint density at radius 3 is 2.50 bits per heavy atom. The summed E-state index contributed by atoms with van der Waals surface area (Å²) in [5.41, 5.74) is 0.152. The number of halogens is 3. The van der Waals surface area contributed by atoms with Gasteiger partial charge in [-0.25, -0.2) is 13.2 Å². The lowest BCUT2D eigenvalue weighted by Gasteiger charge is -2.09. The molecule has 8 heteroatoms. The molecule has 0 bridgehead atoms. The van der Waals surface area contributed by atoms with Gasteiger partial charge in [-0.2, -0.15) is 0 Å². The quantitative estimate of drug-likeness (QED) is 0.750. The molecule has 5 nitrogen and oxygen atoms in total. The molecule has 0 atom stereocenters. The fraction of sp³-hybridized carbons (Fsp3) is 0.125. The van der Waals surface area contributed by atoms with E-state index in [1.807, 2.05) is 5.32 Å². The standard InChI is InChI=1S/C16H13F3N2O3/c1-8-2-5-12(22)9(6-8)16(24)20-7-13(23)21-11-4-3-10(17)14(18)15(11)19/h2-6,22H,7H2,1H3,(H,20,24)(H,21,23). The third-order valence-electron chi connectivity index (χ3n) is 3.12. The molecule has 0 unspecified atom stereocenters. The molecule has 0 aromatic heterocycles. The maximum Gasteiger partial charge on any atom is 0.255 e. The number of phenols is 1. The molecule has 24 heavy (non-hydrogen) atoms. The van der Waals surface area contributed by atoms with Crippen LogP contribution in [0.3, 0.4) is 0 Å². The number of nitrogens with one attached hydrogen (secondary N) is 2. The fourth-order valence-electron chi connectivity index (χ4n) is 1.90. The molecule has 2 aromatic rings. The summed E-state index contributed by atoms with van der Waals surface area (Å²) in [4.78, 5) is 23.6. The second-order valence-electron chi connectivity index (χ2n) is 4.97. The zero-order valence-electron chi connectivity index (χ0n) is 12.5. The summed E-state index contributed by atoms with van der Waals surface area (Å²) in [6.07, 6.45) is 0. The Balaban J connectivity index is 2.00. The number of carbonyl (C=O) groups excluding carboxylic acids is 2. The molecule has 0 saturated carbocycles. The summed E-state index contributed by atoms with van der Waals surface area (Å²) >= 11 is 0. The number of hydrogen-bond donors (Lipinski definition) is 3. The molecule has 0 saturated heterocycles. The van der Waals surface area contributed by atoms with Crippen LogP contribution in [-0.2, 0) is 4.79 Å². The van der Waals surface area contributed by atoms with E-state index < -0.39 is 41.5 Å². The summed E-state index contributed by atoms with van der Waals surface area (Å²) in [6.45, 7) is 1.17. The van der Waals surface area contributed by atoms with Crippen LogP contribution >= 0.6 is 0 Å². The minimum Gasteiger partial charge on any atom is -0.507 e. The van der Waals surface area contributed by atoms with E-state index in [0.717, 1.165) is 11.6 Å². The number of aryl methyl sites for hydroxylation is 1. The predicted octanol–water partition coefficient (Wildman–Crippen LogP) is 2.49. The largest absolute Gasteiger partial charge is 0.507 e. The van der Waals surface area contributed by atoms with Crippen LogP contribution in [0.1, 0.15) is 15.9 Å². The van der Waals surface area contributed by atoms with E-state index in [4.69, 9.17) is 0 Å². The van der Waals surface area contributed by atoms with Gasteiger partial charge in [0.1, 0.15) is 5.75 Å². The summed E-state index contributed by atoms with van der Waals surface area (Å²) in [5.74, 6) is -6.44. The zero-order valence-corrected chi connectivity index (χ0v) is 12.5. The highest BCUT2D eigenvalue weighted by Crippen LogP contribution is 2.20. The normalized spacial score (nSPS) is 10.3. The Bertz CT molecular complexity index is 809. The summed E-state index contributed by atoms with van der Waals surface area (Å²) in [5, 5.41) is 13.9. The third kappa shape index (κ3) is 3.83. The van der Waals surface area contributed by atoms with E-state index in [1.54, 1.807) is 13.0 Å². The van der Waals surface area contributed by atoms with Crippen LogP contribution in [0.4, 0.5) is 18.9 Å². The maximum absolute atomic E-state index is 13.4. The number of phenolic OH excluding ortho intramolecular Hbond substituents is 1. The smallest absolute Gasteiger partial charge is 0.255 e. The van der Waals surface area contributed by atoms with Gasteiger partial charge in [-0.15, -0.1) is 0 Å². The molecule has 2 amide bonds. The molecule has 2 aromatic carbocycles. The lowest BCUT2D eigenvalue weighted by atomic mass is 10.1. The van der Waals surface area contributed by atoms with Gasteiger partial charge >= 0.3 is 0 Å². The van der Waals surface area contributed by atoms with E-state index in [9.17, 15) is 27.9 Å². The molecule has 2 rings (SSSR count). The summed E-state index contributed by atoms with van der Waals surface area (Å²) < 4.78 is 39.3. The van der Waals surface area contributed by atoms with E-state index in [0.29, 0.717) is 6.07 Å².